The van der Waals surface area contributed by atoms with E-state index in [1.165, 1.54) is 71.3 Å². The van der Waals surface area contributed by atoms with Crippen LogP contribution in [0.5, 0.6) is 0 Å². The number of rotatable bonds is 10. The number of allylic oxidation sites excluding steroid dienone is 3. The lowest BCUT2D eigenvalue weighted by Gasteiger charge is -2.26. The maximum Gasteiger partial charge on any atom is 0.102 e. The number of anilines is 1. The molecule has 2 aromatic carbocycles. The second-order valence-electron chi connectivity index (χ2n) is 10.1. The van der Waals surface area contributed by atoms with E-state index >= 15 is 0 Å². The molecule has 0 amide bonds. The first-order chi connectivity index (χ1) is 16.5. The third-order valence-corrected chi connectivity index (χ3v) is 7.34. The minimum absolute atomic E-state index is 0.195. The summed E-state index contributed by atoms with van der Waals surface area (Å²) in [4.78, 5) is 0. The van der Waals surface area contributed by atoms with Gasteiger partial charge < -0.3 is 16.0 Å². The molecule has 2 fully saturated rings. The van der Waals surface area contributed by atoms with Gasteiger partial charge in [-0.15, -0.1) is 0 Å². The molecule has 2 saturated carbocycles. The van der Waals surface area contributed by atoms with Crippen LogP contribution in [0.15, 0.2) is 77.4 Å². The third-order valence-electron chi connectivity index (χ3n) is 7.34. The quantitative estimate of drug-likeness (QED) is 0.342. The van der Waals surface area contributed by atoms with Crippen molar-refractivity contribution >= 4 is 5.69 Å². The highest BCUT2D eigenvalue weighted by molar-refractivity contribution is 5.55. The lowest BCUT2D eigenvalue weighted by atomic mass is 9.82. The van der Waals surface area contributed by atoms with Crippen LogP contribution >= 0.6 is 0 Å². The van der Waals surface area contributed by atoms with E-state index < -0.39 is 0 Å². The molecule has 3 nitrogen and oxygen atoms in total. The van der Waals surface area contributed by atoms with E-state index in [1.807, 2.05) is 0 Å². The Morgan fingerprint density at radius 2 is 1.79 bits per heavy atom. The first-order valence-electron chi connectivity index (χ1n) is 13.0. The maximum atomic E-state index is 3.75. The first kappa shape index (κ1) is 24.2. The predicted octanol–water partition coefficient (Wildman–Crippen LogP) is 7.80. The van der Waals surface area contributed by atoms with Crippen LogP contribution in [-0.4, -0.2) is 6.04 Å². The van der Waals surface area contributed by atoms with Gasteiger partial charge in [0.1, 0.15) is 5.82 Å². The molecule has 180 valence electrons. The zero-order chi connectivity index (χ0) is 24.1. The molecule has 0 saturated heterocycles. The molecule has 4 rings (SSSR count). The number of hydrogen-bond acceptors (Lipinski definition) is 3. The van der Waals surface area contributed by atoms with Gasteiger partial charge in [-0.2, -0.15) is 0 Å². The minimum atomic E-state index is 0.195. The molecule has 2 aliphatic carbocycles. The van der Waals surface area contributed by atoms with Gasteiger partial charge in [0.25, 0.3) is 0 Å². The lowest BCUT2D eigenvalue weighted by Crippen LogP contribution is -2.25. The molecule has 0 aromatic heterocycles. The molecule has 3 N–H and O–H groups in total. The summed E-state index contributed by atoms with van der Waals surface area (Å²) in [5.74, 6) is 1.45. The van der Waals surface area contributed by atoms with Crippen molar-refractivity contribution < 1.29 is 0 Å². The Labute approximate surface area is 206 Å². The minimum Gasteiger partial charge on any atom is -0.369 e. The zero-order valence-corrected chi connectivity index (χ0v) is 21.6. The van der Waals surface area contributed by atoms with Gasteiger partial charge in [-0.1, -0.05) is 42.8 Å². The predicted molar refractivity (Wildman–Crippen MR) is 146 cm³/mol. The average molecular weight is 456 g/mol. The standard InChI is InChI=1S/C31H41N3/c1-6-21(2)19-32-20-23(4)30(29-15-7-10-22(3)24(29)5)26-13-9-14-28(18-26)34-31(25-11-8-12-25)33-27-16-17-27/h7,9-10,13-15,18-20,27,30,32-34H,6,8,11-12,16-17H2,1-5H3/b21-19+,23-20+. The van der Waals surface area contributed by atoms with E-state index in [9.17, 15) is 0 Å². The van der Waals surface area contributed by atoms with Gasteiger partial charge in [-0.05, 0) is 118 Å². The van der Waals surface area contributed by atoms with Gasteiger partial charge in [-0.3, -0.25) is 0 Å². The Bertz CT molecular complexity index is 1100. The monoisotopic (exact) mass is 455 g/mol. The molecule has 0 radical (unpaired) electrons. The summed E-state index contributed by atoms with van der Waals surface area (Å²) in [6.45, 7) is 11.1. The van der Waals surface area contributed by atoms with Crippen LogP contribution in [0, 0.1) is 13.8 Å². The molecule has 3 heteroatoms. The summed E-state index contributed by atoms with van der Waals surface area (Å²) in [5, 5.41) is 10.9. The Morgan fingerprint density at radius 1 is 1.03 bits per heavy atom. The smallest absolute Gasteiger partial charge is 0.102 e. The molecule has 1 unspecified atom stereocenters. The van der Waals surface area contributed by atoms with Crippen LogP contribution in [-0.2, 0) is 0 Å². The number of nitrogens with one attached hydrogen (secondary N) is 3. The molecule has 0 spiro atoms. The molecule has 0 heterocycles. The second kappa shape index (κ2) is 11.0. The third kappa shape index (κ3) is 5.94. The van der Waals surface area contributed by atoms with Crippen molar-refractivity contribution in [3.8, 4) is 0 Å². The van der Waals surface area contributed by atoms with Crippen LogP contribution in [0.4, 0.5) is 5.69 Å². The molecule has 1 atom stereocenters. The fourth-order valence-corrected chi connectivity index (χ4v) is 4.48. The van der Waals surface area contributed by atoms with Crippen LogP contribution in [0.25, 0.3) is 0 Å². The van der Waals surface area contributed by atoms with Crippen molar-refractivity contribution in [3.05, 3.63) is 99.7 Å². The highest BCUT2D eigenvalue weighted by Crippen LogP contribution is 2.36. The summed E-state index contributed by atoms with van der Waals surface area (Å²) in [5.41, 5.74) is 10.8. The molecule has 2 aliphatic rings. The highest BCUT2D eigenvalue weighted by Gasteiger charge is 2.25. The molecule has 0 aliphatic heterocycles. The van der Waals surface area contributed by atoms with Crippen molar-refractivity contribution in [2.75, 3.05) is 5.32 Å². The highest BCUT2D eigenvalue weighted by atomic mass is 15.1. The Balaban J connectivity index is 1.67. The van der Waals surface area contributed by atoms with E-state index in [0.717, 1.165) is 12.1 Å². The number of benzene rings is 2. The van der Waals surface area contributed by atoms with Crippen LogP contribution in [0.1, 0.15) is 87.5 Å². The molecular weight excluding hydrogens is 414 g/mol. The summed E-state index contributed by atoms with van der Waals surface area (Å²) < 4.78 is 0. The number of aryl methyl sites for hydroxylation is 1. The first-order valence-corrected chi connectivity index (χ1v) is 13.0. The Hall–Kier alpha value is -2.94. The van der Waals surface area contributed by atoms with Crippen LogP contribution < -0.4 is 16.0 Å². The van der Waals surface area contributed by atoms with Gasteiger partial charge in [0.05, 0.1) is 0 Å². The van der Waals surface area contributed by atoms with Crippen molar-refractivity contribution in [1.82, 2.24) is 10.6 Å². The fraction of sp³-hybridized carbons (Fsp3) is 0.419. The van der Waals surface area contributed by atoms with Gasteiger partial charge in [0, 0.05) is 23.8 Å². The summed E-state index contributed by atoms with van der Waals surface area (Å²) in [6.07, 6.45) is 11.7. The van der Waals surface area contributed by atoms with E-state index in [0.29, 0.717) is 6.04 Å². The van der Waals surface area contributed by atoms with E-state index in [-0.39, 0.29) is 5.92 Å². The normalized spacial score (nSPS) is 17.1. The van der Waals surface area contributed by atoms with Crippen molar-refractivity contribution in [1.29, 1.82) is 0 Å². The van der Waals surface area contributed by atoms with Gasteiger partial charge in [0.15, 0.2) is 0 Å². The van der Waals surface area contributed by atoms with Gasteiger partial charge in [-0.25, -0.2) is 0 Å². The van der Waals surface area contributed by atoms with E-state index in [4.69, 9.17) is 0 Å². The van der Waals surface area contributed by atoms with E-state index in [1.54, 1.807) is 5.57 Å². The Morgan fingerprint density at radius 3 is 2.47 bits per heavy atom. The van der Waals surface area contributed by atoms with Crippen molar-refractivity contribution in [2.24, 2.45) is 0 Å². The summed E-state index contributed by atoms with van der Waals surface area (Å²) in [6, 6.07) is 16.3. The van der Waals surface area contributed by atoms with Gasteiger partial charge >= 0.3 is 0 Å². The van der Waals surface area contributed by atoms with Crippen LogP contribution in [0.2, 0.25) is 0 Å². The molecule has 0 bridgehead atoms. The number of hydrogen-bond donors (Lipinski definition) is 3. The average Bonchev–Trinajstić information content (AvgIpc) is 3.60. The van der Waals surface area contributed by atoms with Crippen molar-refractivity contribution in [2.45, 2.75) is 85.1 Å². The zero-order valence-electron chi connectivity index (χ0n) is 21.6. The summed E-state index contributed by atoms with van der Waals surface area (Å²) in [7, 11) is 0. The van der Waals surface area contributed by atoms with Gasteiger partial charge in [0.2, 0.25) is 0 Å². The topological polar surface area (TPSA) is 36.1 Å². The lowest BCUT2D eigenvalue weighted by molar-refractivity contribution is 0.628. The largest absolute Gasteiger partial charge is 0.369 e. The van der Waals surface area contributed by atoms with Crippen LogP contribution in [0.3, 0.4) is 0 Å². The second-order valence-corrected chi connectivity index (χ2v) is 10.1. The van der Waals surface area contributed by atoms with Crippen molar-refractivity contribution in [3.63, 3.8) is 0 Å². The molecular formula is C31H41N3. The molecule has 2 aromatic rings. The van der Waals surface area contributed by atoms with E-state index in [2.05, 4.69) is 105 Å². The Kier molecular flexibility index (Phi) is 7.82. The fourth-order valence-electron chi connectivity index (χ4n) is 4.48. The maximum absolute atomic E-state index is 3.75. The summed E-state index contributed by atoms with van der Waals surface area (Å²) >= 11 is 0. The SMILES string of the molecule is CC/C(C)=C/N/C=C(\C)C(c1cccc(NC(NC2CC2)=C2CCC2)c1)c1cccc(C)c1C. The molecule has 34 heavy (non-hydrogen) atoms.